The molecule has 3 N–H and O–H groups in total. The molecule has 0 radical (unpaired) electrons. The molecule has 0 spiro atoms. The van der Waals surface area contributed by atoms with E-state index in [1.807, 2.05) is 60.5 Å². The highest BCUT2D eigenvalue weighted by atomic mass is 35.5. The van der Waals surface area contributed by atoms with Crippen LogP contribution in [0, 0.1) is 5.92 Å². The van der Waals surface area contributed by atoms with E-state index in [0.717, 1.165) is 81.0 Å². The van der Waals surface area contributed by atoms with Crippen LogP contribution in [0.4, 0.5) is 34.5 Å². The van der Waals surface area contributed by atoms with Gasteiger partial charge in [0, 0.05) is 99.4 Å². The van der Waals surface area contributed by atoms with Gasteiger partial charge in [-0.2, -0.15) is 10.1 Å². The molecular weight excluding hydrogens is 799 g/mol. The summed E-state index contributed by atoms with van der Waals surface area (Å²) < 4.78 is 20.8. The summed E-state index contributed by atoms with van der Waals surface area (Å²) in [5, 5.41) is 14.7. The summed E-state index contributed by atoms with van der Waals surface area (Å²) in [5.74, 6) is 1.32. The summed E-state index contributed by atoms with van der Waals surface area (Å²) in [6, 6.07) is 19.9. The van der Waals surface area contributed by atoms with Crippen LogP contribution in [0.1, 0.15) is 37.2 Å². The Morgan fingerprint density at radius 2 is 1.65 bits per heavy atom. The van der Waals surface area contributed by atoms with Gasteiger partial charge in [0.25, 0.3) is 0 Å². The molecule has 3 fully saturated rings. The molecule has 0 bridgehead atoms. The van der Waals surface area contributed by atoms with Gasteiger partial charge in [-0.05, 0) is 74.4 Å². The summed E-state index contributed by atoms with van der Waals surface area (Å²) in [6.07, 6.45) is 8.56. The van der Waals surface area contributed by atoms with Crippen molar-refractivity contribution in [1.82, 2.24) is 30.0 Å². The van der Waals surface area contributed by atoms with Gasteiger partial charge in [-0.1, -0.05) is 35.9 Å². The predicted molar refractivity (Wildman–Crippen MR) is 239 cm³/mol. The number of piperidine rings is 2. The van der Waals surface area contributed by atoms with Crippen LogP contribution in [-0.4, -0.2) is 103 Å². The fourth-order valence-corrected chi connectivity index (χ4v) is 9.83. The lowest BCUT2D eigenvalue weighted by Crippen LogP contribution is -2.49. The summed E-state index contributed by atoms with van der Waals surface area (Å²) >= 11 is 6.57. The van der Waals surface area contributed by atoms with Crippen LogP contribution < -0.4 is 35.8 Å². The van der Waals surface area contributed by atoms with E-state index in [4.69, 9.17) is 21.3 Å². The first-order valence-corrected chi connectivity index (χ1v) is 23.5. The number of imide groups is 1. The first kappa shape index (κ1) is 41.3. The van der Waals surface area contributed by atoms with Crippen molar-refractivity contribution in [3.63, 3.8) is 0 Å². The van der Waals surface area contributed by atoms with E-state index in [2.05, 4.69) is 65.0 Å². The number of hydrogen-bond donors (Lipinski definition) is 3. The number of methoxy groups -OCH3 is 1. The topological polar surface area (TPSA) is 150 Å². The van der Waals surface area contributed by atoms with Gasteiger partial charge in [0.1, 0.15) is 17.9 Å². The van der Waals surface area contributed by atoms with Crippen LogP contribution in [0.5, 0.6) is 5.75 Å². The zero-order valence-corrected chi connectivity index (χ0v) is 36.2. The number of nitrogens with one attached hydrogen (secondary N) is 3. The highest BCUT2D eigenvalue weighted by Gasteiger charge is 2.29. The molecule has 314 valence electrons. The smallest absolute Gasteiger partial charge is 0.234 e. The standard InChI is InChI=1S/C44H52ClN10O4P/c1-52-28-31(25-47-52)34-23-37(49-44-46-26-35(45)42(51-44)48-36-7-5-6-8-40(36)60(3,4)58)39(59-2)24-38(34)55-17-15-29(16-18-55)27-53-19-21-54(22-20-53)32-11-9-30(10-12-32)33-13-14-41(56)50-43(33)57/h5-12,23-26,28-29,33H,13-22,27H2,1-4H3,(H,50,56,57)(H2,46,48,49,51). The average Bonchev–Trinajstić information content (AvgIpc) is 3.68. The third kappa shape index (κ3) is 9.31. The van der Waals surface area contributed by atoms with Crippen molar-refractivity contribution in [1.29, 1.82) is 0 Å². The molecule has 5 aromatic rings. The fourth-order valence-electron chi connectivity index (χ4n) is 8.54. The quantitative estimate of drug-likeness (QED) is 0.0892. The number of nitrogens with zero attached hydrogens (tertiary/aromatic N) is 7. The summed E-state index contributed by atoms with van der Waals surface area (Å²) in [7, 11) is 1.01. The SMILES string of the molecule is COc1cc(N2CCC(CN3CCN(c4ccc(C5CCC(=O)NC5=O)cc4)CC3)CC2)c(-c2cnn(C)c2)cc1Nc1ncc(Cl)c(Nc2ccccc2P(C)(C)=O)n1. The number of ether oxygens (including phenoxy) is 1. The number of piperazine rings is 1. The number of aryl methyl sites for hydroxylation is 1. The summed E-state index contributed by atoms with van der Waals surface area (Å²) in [5.41, 5.74) is 6.61. The number of para-hydroxylation sites is 1. The van der Waals surface area contributed by atoms with Gasteiger partial charge in [0.15, 0.2) is 5.82 Å². The minimum absolute atomic E-state index is 0.186. The maximum absolute atomic E-state index is 13.0. The van der Waals surface area contributed by atoms with Gasteiger partial charge in [-0.3, -0.25) is 24.5 Å². The van der Waals surface area contributed by atoms with Crippen LogP contribution in [0.15, 0.2) is 79.3 Å². The number of rotatable bonds is 12. The van der Waals surface area contributed by atoms with Crippen molar-refractivity contribution < 1.29 is 18.9 Å². The molecule has 2 aromatic heterocycles. The van der Waals surface area contributed by atoms with E-state index in [1.54, 1.807) is 20.4 Å². The number of amides is 2. The lowest BCUT2D eigenvalue weighted by molar-refractivity contribution is -0.134. The normalized spacial score (nSPS) is 18.1. The highest BCUT2D eigenvalue weighted by molar-refractivity contribution is 7.70. The van der Waals surface area contributed by atoms with Crippen molar-refractivity contribution in [3.05, 3.63) is 89.8 Å². The molecule has 0 aliphatic carbocycles. The van der Waals surface area contributed by atoms with Gasteiger partial charge in [-0.15, -0.1) is 0 Å². The number of halogens is 1. The molecule has 3 aliphatic heterocycles. The molecule has 14 nitrogen and oxygen atoms in total. The number of carbonyl (C=O) groups is 2. The molecule has 3 aromatic carbocycles. The molecular formula is C44H52ClN10O4P. The Morgan fingerprint density at radius 3 is 2.33 bits per heavy atom. The van der Waals surface area contributed by atoms with Crippen LogP contribution in [0.3, 0.4) is 0 Å². The van der Waals surface area contributed by atoms with E-state index < -0.39 is 7.14 Å². The third-order valence-electron chi connectivity index (χ3n) is 11.8. The fraction of sp³-hybridized carbons (Fsp3) is 0.386. The first-order chi connectivity index (χ1) is 28.9. The van der Waals surface area contributed by atoms with Crippen molar-refractivity contribution in [2.45, 2.75) is 31.6 Å². The van der Waals surface area contributed by atoms with Gasteiger partial charge >= 0.3 is 0 Å². The van der Waals surface area contributed by atoms with Gasteiger partial charge in [-0.25, -0.2) is 4.98 Å². The Balaban J connectivity index is 0.917. The van der Waals surface area contributed by atoms with Crippen LogP contribution in [-0.2, 0) is 21.2 Å². The first-order valence-electron chi connectivity index (χ1n) is 20.5. The molecule has 1 unspecified atom stereocenters. The van der Waals surface area contributed by atoms with Crippen LogP contribution in [0.25, 0.3) is 11.1 Å². The lowest BCUT2D eigenvalue weighted by atomic mass is 9.90. The van der Waals surface area contributed by atoms with E-state index in [1.165, 1.54) is 11.9 Å². The van der Waals surface area contributed by atoms with Gasteiger partial charge in [0.2, 0.25) is 17.8 Å². The molecule has 0 saturated carbocycles. The molecule has 3 saturated heterocycles. The number of aromatic nitrogens is 4. The second kappa shape index (κ2) is 17.7. The van der Waals surface area contributed by atoms with E-state index in [9.17, 15) is 14.2 Å². The molecule has 1 atom stereocenters. The third-order valence-corrected chi connectivity index (χ3v) is 13.6. The Labute approximate surface area is 356 Å². The number of benzene rings is 3. The zero-order chi connectivity index (χ0) is 42.0. The Hall–Kier alpha value is -5.43. The lowest BCUT2D eigenvalue weighted by Gasteiger charge is -2.40. The Kier molecular flexibility index (Phi) is 12.2. The van der Waals surface area contributed by atoms with Gasteiger partial charge < -0.3 is 29.7 Å². The zero-order valence-electron chi connectivity index (χ0n) is 34.5. The van der Waals surface area contributed by atoms with Crippen LogP contribution in [0.2, 0.25) is 5.02 Å². The predicted octanol–water partition coefficient (Wildman–Crippen LogP) is 6.83. The average molecular weight is 851 g/mol. The number of anilines is 6. The minimum atomic E-state index is -2.58. The second-order valence-electron chi connectivity index (χ2n) is 16.3. The van der Waals surface area contributed by atoms with Gasteiger partial charge in [0.05, 0.1) is 36.8 Å². The van der Waals surface area contributed by atoms with Crippen molar-refractivity contribution >= 4 is 70.4 Å². The molecule has 8 rings (SSSR count). The Morgan fingerprint density at radius 1 is 0.900 bits per heavy atom. The van der Waals surface area contributed by atoms with E-state index >= 15 is 0 Å². The molecule has 60 heavy (non-hydrogen) atoms. The van der Waals surface area contributed by atoms with E-state index in [0.29, 0.717) is 58.0 Å². The Bertz CT molecular complexity index is 2400. The molecule has 3 aliphatic rings. The van der Waals surface area contributed by atoms with E-state index in [-0.39, 0.29) is 17.7 Å². The number of hydrogen-bond acceptors (Lipinski definition) is 12. The van der Waals surface area contributed by atoms with Crippen LogP contribution >= 0.6 is 18.7 Å². The maximum atomic E-state index is 13.0. The van der Waals surface area contributed by atoms with Crippen molar-refractivity contribution in [2.24, 2.45) is 13.0 Å². The summed E-state index contributed by atoms with van der Waals surface area (Å²) in [6.45, 7) is 10.3. The highest BCUT2D eigenvalue weighted by Crippen LogP contribution is 2.42. The summed E-state index contributed by atoms with van der Waals surface area (Å²) in [4.78, 5) is 40.6. The van der Waals surface area contributed by atoms with Crippen molar-refractivity contribution in [2.75, 3.05) is 86.7 Å². The number of carbonyl (C=O) groups excluding carboxylic acids is 2. The second-order valence-corrected chi connectivity index (χ2v) is 19.9. The molecule has 16 heteroatoms. The maximum Gasteiger partial charge on any atom is 0.234 e. The molecule has 2 amide bonds. The largest absolute Gasteiger partial charge is 0.494 e. The molecule has 5 heterocycles. The monoisotopic (exact) mass is 850 g/mol. The van der Waals surface area contributed by atoms with Crippen molar-refractivity contribution in [3.8, 4) is 16.9 Å². The minimum Gasteiger partial charge on any atom is -0.494 e.